The molecule has 39 heavy (non-hydrogen) atoms. The fourth-order valence-corrected chi connectivity index (χ4v) is 5.28. The summed E-state index contributed by atoms with van der Waals surface area (Å²) in [6.07, 6.45) is 6.97. The number of phenols is 3. The normalized spacial score (nSPS) is 12.9. The fraction of sp³-hybridized carbons (Fsp3) is 0.125. The lowest BCUT2D eigenvalue weighted by Crippen LogP contribution is -2.12. The van der Waals surface area contributed by atoms with E-state index in [4.69, 9.17) is 16.7 Å². The van der Waals surface area contributed by atoms with Crippen molar-refractivity contribution in [2.24, 2.45) is 0 Å². The molecule has 0 saturated heterocycles. The molecule has 3 N–H and O–H groups in total. The molecular formula is C32H31Cl2NO3S. The first-order chi connectivity index (χ1) is 18.3. The molecule has 1 aliphatic rings. The van der Waals surface area contributed by atoms with Crippen LogP contribution in [0.1, 0.15) is 28.7 Å². The molecule has 4 aromatic rings. The van der Waals surface area contributed by atoms with E-state index < -0.39 is 0 Å². The summed E-state index contributed by atoms with van der Waals surface area (Å²) >= 11 is 8.03. The van der Waals surface area contributed by atoms with Crippen LogP contribution in [0, 0.1) is 0 Å². The maximum atomic E-state index is 9.30. The smallest absolute Gasteiger partial charge is 0.119 e. The highest BCUT2D eigenvalue weighted by atomic mass is 35.5. The first kappa shape index (κ1) is 30.2. The molecule has 0 amide bonds. The molecule has 7 heteroatoms. The lowest BCUT2D eigenvalue weighted by molar-refractivity contribution is 0.417. The maximum Gasteiger partial charge on any atom is 0.119 e. The topological polar surface area (TPSA) is 63.9 Å². The summed E-state index contributed by atoms with van der Waals surface area (Å²) in [5.41, 5.74) is 5.51. The van der Waals surface area contributed by atoms with E-state index in [1.165, 1.54) is 32.6 Å². The van der Waals surface area contributed by atoms with Gasteiger partial charge in [0, 0.05) is 27.4 Å². The maximum absolute atomic E-state index is 9.30. The summed E-state index contributed by atoms with van der Waals surface area (Å²) in [5.74, 6) is 0.267. The highest BCUT2D eigenvalue weighted by Crippen LogP contribution is 2.46. The lowest BCUT2D eigenvalue weighted by Gasteiger charge is -2.22. The Hall–Kier alpha value is -3.35. The Morgan fingerprint density at radius 1 is 0.718 bits per heavy atom. The Labute approximate surface area is 245 Å². The zero-order chi connectivity index (χ0) is 27.1. The minimum Gasteiger partial charge on any atom is -0.508 e. The van der Waals surface area contributed by atoms with Gasteiger partial charge in [0.25, 0.3) is 0 Å². The van der Waals surface area contributed by atoms with Gasteiger partial charge in [-0.05, 0) is 96.9 Å². The van der Waals surface area contributed by atoms with Crippen molar-refractivity contribution >= 4 is 53.5 Å². The molecule has 0 saturated carbocycles. The molecule has 1 heterocycles. The van der Waals surface area contributed by atoms with Gasteiger partial charge in [0.1, 0.15) is 17.2 Å². The molecule has 0 aliphatic carbocycles. The largest absolute Gasteiger partial charge is 0.508 e. The molecule has 0 spiro atoms. The third kappa shape index (κ3) is 8.57. The number of rotatable bonds is 5. The number of hydrogen-bond acceptors (Lipinski definition) is 5. The molecule has 0 atom stereocenters. The van der Waals surface area contributed by atoms with Gasteiger partial charge in [-0.25, -0.2) is 0 Å². The minimum atomic E-state index is 0. The molecular weight excluding hydrogens is 549 g/mol. The van der Waals surface area contributed by atoms with E-state index in [1.54, 1.807) is 42.5 Å². The standard InChI is InChI=1S/C18H18ClNS.C14H12O3.ClH/c1-20(2)11-5-7-14-15-6-3-4-8-17(15)21-18-10-9-13(19)12-16(14)18;15-12-5-3-10(4-6-12)1-2-11-7-13(16)9-14(17)8-11;/h3-4,6-10,12H,5,11H2,1-2H3;1-9,15-17H;1H. The van der Waals surface area contributed by atoms with Crippen LogP contribution in [-0.4, -0.2) is 40.9 Å². The lowest BCUT2D eigenvalue weighted by atomic mass is 9.96. The van der Waals surface area contributed by atoms with Crippen molar-refractivity contribution in [1.29, 1.82) is 0 Å². The van der Waals surface area contributed by atoms with Gasteiger partial charge in [-0.15, -0.1) is 12.4 Å². The van der Waals surface area contributed by atoms with E-state index in [9.17, 15) is 10.2 Å². The quantitative estimate of drug-likeness (QED) is 0.182. The van der Waals surface area contributed by atoms with Crippen molar-refractivity contribution in [1.82, 2.24) is 4.90 Å². The van der Waals surface area contributed by atoms with Gasteiger partial charge in [0.05, 0.1) is 0 Å². The van der Waals surface area contributed by atoms with Gasteiger partial charge < -0.3 is 20.2 Å². The number of halogens is 2. The van der Waals surface area contributed by atoms with Crippen molar-refractivity contribution in [2.45, 2.75) is 16.2 Å². The minimum absolute atomic E-state index is 0. The van der Waals surface area contributed by atoms with Gasteiger partial charge in [0.2, 0.25) is 0 Å². The number of aromatic hydroxyl groups is 3. The van der Waals surface area contributed by atoms with Crippen LogP contribution < -0.4 is 0 Å². The molecule has 0 bridgehead atoms. The summed E-state index contributed by atoms with van der Waals surface area (Å²) in [6, 6.07) is 25.9. The van der Waals surface area contributed by atoms with Gasteiger partial charge in [-0.1, -0.05) is 71.9 Å². The molecule has 5 rings (SSSR count). The molecule has 1 aliphatic heterocycles. The predicted molar refractivity (Wildman–Crippen MR) is 166 cm³/mol. The van der Waals surface area contributed by atoms with Gasteiger partial charge in [-0.2, -0.15) is 0 Å². The first-order valence-corrected chi connectivity index (χ1v) is 13.4. The van der Waals surface area contributed by atoms with E-state index >= 15 is 0 Å². The average Bonchev–Trinajstić information content (AvgIpc) is 2.88. The van der Waals surface area contributed by atoms with E-state index in [1.807, 2.05) is 23.9 Å². The second-order valence-corrected chi connectivity index (χ2v) is 10.7. The van der Waals surface area contributed by atoms with E-state index in [0.717, 1.165) is 23.6 Å². The Morgan fingerprint density at radius 2 is 1.36 bits per heavy atom. The van der Waals surface area contributed by atoms with Crippen molar-refractivity contribution in [3.05, 3.63) is 118 Å². The van der Waals surface area contributed by atoms with Crippen molar-refractivity contribution in [2.75, 3.05) is 20.6 Å². The summed E-state index contributed by atoms with van der Waals surface area (Å²) < 4.78 is 0. The van der Waals surface area contributed by atoms with E-state index in [2.05, 4.69) is 61.5 Å². The van der Waals surface area contributed by atoms with Crippen LogP contribution in [0.15, 0.2) is 101 Å². The Bertz CT molecular complexity index is 1450. The monoisotopic (exact) mass is 579 g/mol. The van der Waals surface area contributed by atoms with E-state index in [0.29, 0.717) is 5.56 Å². The third-order valence-electron chi connectivity index (χ3n) is 5.84. The molecule has 202 valence electrons. The highest BCUT2D eigenvalue weighted by molar-refractivity contribution is 7.99. The fourth-order valence-electron chi connectivity index (χ4n) is 4.02. The zero-order valence-electron chi connectivity index (χ0n) is 21.7. The van der Waals surface area contributed by atoms with E-state index in [-0.39, 0.29) is 29.7 Å². The Morgan fingerprint density at radius 3 is 2.05 bits per heavy atom. The predicted octanol–water partition coefficient (Wildman–Crippen LogP) is 8.58. The van der Waals surface area contributed by atoms with Crippen LogP contribution in [0.2, 0.25) is 5.02 Å². The van der Waals surface area contributed by atoms with Crippen LogP contribution in [0.25, 0.3) is 17.7 Å². The second-order valence-electron chi connectivity index (χ2n) is 9.16. The molecule has 4 nitrogen and oxygen atoms in total. The number of fused-ring (bicyclic) bond motifs is 2. The molecule has 0 fully saturated rings. The van der Waals surface area contributed by atoms with Crippen LogP contribution in [0.3, 0.4) is 0 Å². The first-order valence-electron chi connectivity index (χ1n) is 12.2. The number of benzene rings is 4. The Balaban J connectivity index is 0.000000215. The van der Waals surface area contributed by atoms with Gasteiger partial charge >= 0.3 is 0 Å². The summed E-state index contributed by atoms with van der Waals surface area (Å²) in [6.45, 7) is 1.05. The average molecular weight is 581 g/mol. The summed E-state index contributed by atoms with van der Waals surface area (Å²) in [5, 5.41) is 28.5. The van der Waals surface area contributed by atoms with Crippen molar-refractivity contribution < 1.29 is 15.3 Å². The van der Waals surface area contributed by atoms with Crippen molar-refractivity contribution in [3.8, 4) is 17.2 Å². The molecule has 4 aromatic carbocycles. The zero-order valence-corrected chi connectivity index (χ0v) is 24.1. The third-order valence-corrected chi connectivity index (χ3v) is 7.23. The van der Waals surface area contributed by atoms with Crippen molar-refractivity contribution in [3.63, 3.8) is 0 Å². The summed E-state index contributed by atoms with van der Waals surface area (Å²) in [7, 11) is 4.21. The van der Waals surface area contributed by atoms with Gasteiger partial charge in [0.15, 0.2) is 0 Å². The van der Waals surface area contributed by atoms with Crippen LogP contribution >= 0.6 is 35.8 Å². The second kappa shape index (κ2) is 14.2. The number of phenolic OH excluding ortho intramolecular Hbond substituents is 3. The van der Waals surface area contributed by atoms with Crippen LogP contribution in [-0.2, 0) is 0 Å². The summed E-state index contributed by atoms with van der Waals surface area (Å²) in [4.78, 5) is 4.82. The molecule has 0 radical (unpaired) electrons. The Kier molecular flexibility index (Phi) is 11.0. The number of hydrogen-bond donors (Lipinski definition) is 3. The number of nitrogens with zero attached hydrogens (tertiary/aromatic N) is 1. The van der Waals surface area contributed by atoms with Crippen LogP contribution in [0.4, 0.5) is 0 Å². The van der Waals surface area contributed by atoms with Gasteiger partial charge in [-0.3, -0.25) is 0 Å². The molecule has 0 aromatic heterocycles. The molecule has 0 unspecified atom stereocenters. The SMILES string of the molecule is CN(C)CCC=C1c2ccccc2Sc2ccc(Cl)cc21.Cl.Oc1ccc(C=Cc2cc(O)cc(O)c2)cc1. The highest BCUT2D eigenvalue weighted by Gasteiger charge is 2.20. The van der Waals surface area contributed by atoms with Crippen LogP contribution in [0.5, 0.6) is 17.2 Å².